The number of rotatable bonds is 2. The summed E-state index contributed by atoms with van der Waals surface area (Å²) < 4.78 is 0. The van der Waals surface area contributed by atoms with Gasteiger partial charge < -0.3 is 0 Å². The number of hydrogen-bond acceptors (Lipinski definition) is 1. The smallest absolute Gasteiger partial charge is 0.193 e. The van der Waals surface area contributed by atoms with Crippen LogP contribution in [0.3, 0.4) is 0 Å². The van der Waals surface area contributed by atoms with Crippen LogP contribution in [0, 0.1) is 0 Å². The molecule has 0 aliphatic carbocycles. The molecule has 0 aromatic heterocycles. The fourth-order valence-corrected chi connectivity index (χ4v) is 3.23. The number of ketones is 1. The van der Waals surface area contributed by atoms with E-state index in [-0.39, 0.29) is 5.78 Å². The van der Waals surface area contributed by atoms with Crippen molar-refractivity contribution in [3.05, 3.63) is 132 Å². The molecule has 0 aliphatic heterocycles. The molecule has 0 saturated carbocycles. The van der Waals surface area contributed by atoms with E-state index in [1.165, 1.54) is 21.5 Å². The summed E-state index contributed by atoms with van der Waals surface area (Å²) in [5, 5.41) is 5.25. The summed E-state index contributed by atoms with van der Waals surface area (Å²) in [6.07, 6.45) is 0. The Bertz CT molecular complexity index is 1060. The second kappa shape index (κ2) is 8.32. The summed E-state index contributed by atoms with van der Waals surface area (Å²) in [6.45, 7) is 0. The Labute approximate surface area is 164 Å². The Morgan fingerprint density at radius 1 is 0.393 bits per heavy atom. The molecule has 1 nitrogen and oxygen atoms in total. The van der Waals surface area contributed by atoms with Crippen LogP contribution in [0.5, 0.6) is 0 Å². The minimum Gasteiger partial charge on any atom is -0.289 e. The number of carbonyl (C=O) groups is 1. The van der Waals surface area contributed by atoms with Crippen molar-refractivity contribution in [3.63, 3.8) is 0 Å². The quantitative estimate of drug-likeness (QED) is 0.247. The van der Waals surface area contributed by atoms with Crippen molar-refractivity contribution in [1.29, 1.82) is 0 Å². The number of fused-ring (bicyclic) bond motifs is 2. The van der Waals surface area contributed by atoms with Gasteiger partial charge in [0.05, 0.1) is 0 Å². The van der Waals surface area contributed by atoms with Crippen LogP contribution in [0.1, 0.15) is 15.9 Å². The summed E-state index contributed by atoms with van der Waals surface area (Å²) in [5.74, 6) is 0.0752. The molecule has 0 spiro atoms. The topological polar surface area (TPSA) is 17.1 Å². The summed E-state index contributed by atoms with van der Waals surface area (Å²) in [5.41, 5.74) is 1.47. The molecule has 28 heavy (non-hydrogen) atoms. The first-order valence-electron chi connectivity index (χ1n) is 9.33. The van der Waals surface area contributed by atoms with Gasteiger partial charge in [-0.25, -0.2) is 0 Å². The molecule has 0 saturated heterocycles. The molecule has 0 atom stereocenters. The highest BCUT2D eigenvalue weighted by atomic mass is 16.1. The zero-order valence-electron chi connectivity index (χ0n) is 15.5. The van der Waals surface area contributed by atoms with E-state index in [4.69, 9.17) is 0 Å². The monoisotopic (exact) mass is 360 g/mol. The fourth-order valence-electron chi connectivity index (χ4n) is 3.23. The Morgan fingerprint density at radius 3 is 1.00 bits per heavy atom. The first kappa shape index (κ1) is 17.7. The summed E-state index contributed by atoms with van der Waals surface area (Å²) in [6, 6.07) is 40.0. The van der Waals surface area contributed by atoms with E-state index in [1.807, 2.05) is 60.7 Å². The van der Waals surface area contributed by atoms with Crippen molar-refractivity contribution in [2.75, 3.05) is 0 Å². The van der Waals surface area contributed by atoms with Crippen molar-refractivity contribution in [2.24, 2.45) is 0 Å². The lowest BCUT2D eigenvalue weighted by molar-refractivity contribution is 0.103. The van der Waals surface area contributed by atoms with Crippen LogP contribution in [-0.2, 0) is 0 Å². The summed E-state index contributed by atoms with van der Waals surface area (Å²) in [4.78, 5) is 11.8. The maximum atomic E-state index is 11.8. The maximum Gasteiger partial charge on any atom is 0.193 e. The standard InChI is InChI=1S/C14H10.C13H10O/c1-2-6-12-10-14-8-4-3-7-13(14)9-11(12)5-1;14-13(11-7-3-1-4-8-11)12-9-5-2-6-10-12/h2*1-10H. The molecule has 1 heteroatoms. The van der Waals surface area contributed by atoms with Gasteiger partial charge in [-0.3, -0.25) is 4.79 Å². The number of carbonyl (C=O) groups excluding carboxylic acids is 1. The molecule has 0 unspecified atom stereocenters. The predicted octanol–water partition coefficient (Wildman–Crippen LogP) is 6.91. The SMILES string of the molecule is O=C(c1ccccc1)c1ccccc1.c1ccc2cc3ccccc3cc2c1. The van der Waals surface area contributed by atoms with E-state index in [2.05, 4.69) is 60.7 Å². The Balaban J connectivity index is 0.000000137. The van der Waals surface area contributed by atoms with Gasteiger partial charge in [0.15, 0.2) is 5.78 Å². The molecular weight excluding hydrogens is 340 g/mol. The molecule has 0 fully saturated rings. The van der Waals surface area contributed by atoms with Gasteiger partial charge in [0.1, 0.15) is 0 Å². The van der Waals surface area contributed by atoms with E-state index < -0.39 is 0 Å². The van der Waals surface area contributed by atoms with Crippen molar-refractivity contribution < 1.29 is 4.79 Å². The lowest BCUT2D eigenvalue weighted by Gasteiger charge is -2.00. The van der Waals surface area contributed by atoms with Gasteiger partial charge in [-0.05, 0) is 33.7 Å². The molecule has 0 bridgehead atoms. The minimum absolute atomic E-state index is 0.0752. The lowest BCUT2D eigenvalue weighted by atomic mass is 10.0. The molecule has 5 aromatic rings. The van der Waals surface area contributed by atoms with Gasteiger partial charge >= 0.3 is 0 Å². The third kappa shape index (κ3) is 3.99. The minimum atomic E-state index is 0.0752. The van der Waals surface area contributed by atoms with Crippen molar-refractivity contribution in [1.82, 2.24) is 0 Å². The Hall–Kier alpha value is -3.71. The zero-order chi connectivity index (χ0) is 19.2. The van der Waals surface area contributed by atoms with Crippen LogP contribution >= 0.6 is 0 Å². The predicted molar refractivity (Wildman–Crippen MR) is 118 cm³/mol. The molecule has 0 amide bonds. The highest BCUT2D eigenvalue weighted by Crippen LogP contribution is 2.22. The van der Waals surface area contributed by atoms with Crippen molar-refractivity contribution in [3.8, 4) is 0 Å². The molecule has 5 rings (SSSR count). The third-order valence-corrected chi connectivity index (χ3v) is 4.69. The van der Waals surface area contributed by atoms with Gasteiger partial charge in [0.2, 0.25) is 0 Å². The number of benzene rings is 5. The second-order valence-electron chi connectivity index (χ2n) is 6.61. The zero-order valence-corrected chi connectivity index (χ0v) is 15.5. The highest BCUT2D eigenvalue weighted by Gasteiger charge is 2.06. The van der Waals surface area contributed by atoms with E-state index in [0.29, 0.717) is 0 Å². The Kier molecular flexibility index (Phi) is 5.26. The van der Waals surface area contributed by atoms with Crippen LogP contribution in [0.4, 0.5) is 0 Å². The second-order valence-corrected chi connectivity index (χ2v) is 6.61. The Morgan fingerprint density at radius 2 is 0.679 bits per heavy atom. The van der Waals surface area contributed by atoms with Crippen LogP contribution in [0.15, 0.2) is 121 Å². The van der Waals surface area contributed by atoms with Crippen LogP contribution in [0.25, 0.3) is 21.5 Å². The normalized spacial score (nSPS) is 10.3. The van der Waals surface area contributed by atoms with Crippen LogP contribution < -0.4 is 0 Å². The molecule has 0 N–H and O–H groups in total. The van der Waals surface area contributed by atoms with Gasteiger partial charge in [0, 0.05) is 11.1 Å². The lowest BCUT2D eigenvalue weighted by Crippen LogP contribution is -1.99. The molecule has 0 heterocycles. The van der Waals surface area contributed by atoms with Gasteiger partial charge in [0.25, 0.3) is 0 Å². The molecule has 0 aliphatic rings. The van der Waals surface area contributed by atoms with Gasteiger partial charge in [-0.15, -0.1) is 0 Å². The van der Waals surface area contributed by atoms with Crippen molar-refractivity contribution >= 4 is 27.3 Å². The molecule has 5 aromatic carbocycles. The van der Waals surface area contributed by atoms with E-state index in [9.17, 15) is 4.79 Å². The summed E-state index contributed by atoms with van der Waals surface area (Å²) >= 11 is 0. The van der Waals surface area contributed by atoms with Crippen molar-refractivity contribution in [2.45, 2.75) is 0 Å². The van der Waals surface area contributed by atoms with E-state index >= 15 is 0 Å². The average molecular weight is 360 g/mol. The first-order valence-corrected chi connectivity index (χ1v) is 9.33. The maximum absolute atomic E-state index is 11.8. The summed E-state index contributed by atoms with van der Waals surface area (Å²) in [7, 11) is 0. The average Bonchev–Trinajstić information content (AvgIpc) is 2.79. The van der Waals surface area contributed by atoms with Crippen LogP contribution in [0.2, 0.25) is 0 Å². The molecule has 0 radical (unpaired) electrons. The van der Waals surface area contributed by atoms with E-state index in [0.717, 1.165) is 11.1 Å². The largest absolute Gasteiger partial charge is 0.289 e. The molecular formula is C27H20O. The first-order chi connectivity index (χ1) is 13.8. The fraction of sp³-hybridized carbons (Fsp3) is 0. The van der Waals surface area contributed by atoms with Gasteiger partial charge in [-0.1, -0.05) is 109 Å². The van der Waals surface area contributed by atoms with E-state index in [1.54, 1.807) is 0 Å². The third-order valence-electron chi connectivity index (χ3n) is 4.69. The van der Waals surface area contributed by atoms with Gasteiger partial charge in [-0.2, -0.15) is 0 Å². The number of hydrogen-bond donors (Lipinski definition) is 0. The molecule has 134 valence electrons. The highest BCUT2D eigenvalue weighted by molar-refractivity contribution is 6.08. The van der Waals surface area contributed by atoms with Crippen LogP contribution in [-0.4, -0.2) is 5.78 Å².